The van der Waals surface area contributed by atoms with Gasteiger partial charge in [-0.3, -0.25) is 0 Å². The zero-order valence-electron chi connectivity index (χ0n) is 10.6. The van der Waals surface area contributed by atoms with Gasteiger partial charge in [-0.25, -0.2) is 19.3 Å². The molecule has 0 bridgehead atoms. The maximum absolute atomic E-state index is 12.0. The molecule has 0 aromatic carbocycles. The van der Waals surface area contributed by atoms with Gasteiger partial charge in [0.1, 0.15) is 0 Å². The van der Waals surface area contributed by atoms with Crippen molar-refractivity contribution in [2.75, 3.05) is 31.2 Å². The first-order valence-corrected chi connectivity index (χ1v) is 6.66. The number of hydrogen-bond donors (Lipinski definition) is 1. The molecule has 19 heavy (non-hydrogen) atoms. The summed E-state index contributed by atoms with van der Waals surface area (Å²) in [5.74, 6) is 0.706. The van der Waals surface area contributed by atoms with Crippen molar-refractivity contribution in [3.05, 3.63) is 21.7 Å². The number of nitrogens with zero attached hydrogens (tertiary/aromatic N) is 4. The molecular weight excluding hydrogens is 246 g/mol. The Morgan fingerprint density at radius 1 is 1.21 bits per heavy atom. The first-order valence-electron chi connectivity index (χ1n) is 6.66. The van der Waals surface area contributed by atoms with Crippen molar-refractivity contribution in [1.82, 2.24) is 19.6 Å². The summed E-state index contributed by atoms with van der Waals surface area (Å²) in [6, 6.07) is 0. The summed E-state index contributed by atoms with van der Waals surface area (Å²) < 4.78 is 6.96. The Kier molecular flexibility index (Phi) is 2.34. The van der Waals surface area contributed by atoms with Gasteiger partial charge in [0.05, 0.1) is 18.9 Å². The molecule has 2 aromatic rings. The van der Waals surface area contributed by atoms with E-state index in [-0.39, 0.29) is 5.69 Å². The lowest BCUT2D eigenvalue weighted by Crippen LogP contribution is -2.39. The number of hydrogen-bond acceptors (Lipinski definition) is 5. The monoisotopic (exact) mass is 261 g/mol. The third-order valence-electron chi connectivity index (χ3n) is 3.86. The maximum atomic E-state index is 12.0. The van der Waals surface area contributed by atoms with Gasteiger partial charge in [-0.1, -0.05) is 0 Å². The van der Waals surface area contributed by atoms with E-state index in [9.17, 15) is 4.79 Å². The Bertz CT molecular complexity index is 683. The number of anilines is 1. The molecule has 2 aromatic heterocycles. The molecule has 0 amide bonds. The summed E-state index contributed by atoms with van der Waals surface area (Å²) in [6.07, 6.45) is 3.02. The van der Waals surface area contributed by atoms with Gasteiger partial charge in [0.25, 0.3) is 0 Å². The summed E-state index contributed by atoms with van der Waals surface area (Å²) in [6.45, 7) is 2.87. The zero-order chi connectivity index (χ0) is 12.8. The molecule has 0 radical (unpaired) electrons. The number of aryl methyl sites for hydroxylation is 2. The minimum Gasteiger partial charge on any atom is -0.378 e. The van der Waals surface area contributed by atoms with Crippen LogP contribution in [0.1, 0.15) is 17.7 Å². The molecule has 1 aliphatic heterocycles. The second kappa shape index (κ2) is 4.06. The number of ether oxygens (including phenoxy) is 1. The summed E-state index contributed by atoms with van der Waals surface area (Å²) in [4.78, 5) is 18.8. The Balaban J connectivity index is 1.96. The predicted octanol–water partition coefficient (Wildman–Crippen LogP) is -0.257. The third kappa shape index (κ3) is 1.58. The molecule has 0 atom stereocenters. The maximum Gasteiger partial charge on any atom is 0.350 e. The van der Waals surface area contributed by atoms with Gasteiger partial charge in [0, 0.05) is 18.7 Å². The fraction of sp³-hybridized carbons (Fsp3) is 0.583. The van der Waals surface area contributed by atoms with Crippen LogP contribution >= 0.6 is 0 Å². The number of aromatic amines is 1. The topological polar surface area (TPSA) is 75.5 Å². The van der Waals surface area contributed by atoms with Gasteiger partial charge in [-0.2, -0.15) is 5.10 Å². The Labute approximate surface area is 109 Å². The van der Waals surface area contributed by atoms with Crippen molar-refractivity contribution in [1.29, 1.82) is 0 Å². The average Bonchev–Trinajstić information content (AvgIpc) is 3.05. The van der Waals surface area contributed by atoms with E-state index in [1.807, 2.05) is 0 Å². The molecule has 0 saturated carbocycles. The highest BCUT2D eigenvalue weighted by atomic mass is 16.5. The van der Waals surface area contributed by atoms with Crippen molar-refractivity contribution in [3.8, 4) is 0 Å². The molecule has 4 rings (SSSR count). The fourth-order valence-electron chi connectivity index (χ4n) is 2.92. The Hall–Kier alpha value is -1.89. The number of fused-ring (bicyclic) bond motifs is 3. The number of rotatable bonds is 1. The van der Waals surface area contributed by atoms with Crippen LogP contribution in [0.3, 0.4) is 0 Å². The molecule has 7 nitrogen and oxygen atoms in total. The largest absolute Gasteiger partial charge is 0.378 e. The molecule has 100 valence electrons. The van der Waals surface area contributed by atoms with E-state index in [0.29, 0.717) is 19.2 Å². The lowest BCUT2D eigenvalue weighted by atomic mass is 10.2. The van der Waals surface area contributed by atoms with Gasteiger partial charge in [0.15, 0.2) is 5.65 Å². The number of nitrogens with one attached hydrogen (secondary N) is 1. The lowest BCUT2D eigenvalue weighted by molar-refractivity contribution is 0.122. The van der Waals surface area contributed by atoms with Gasteiger partial charge >= 0.3 is 5.69 Å². The minimum absolute atomic E-state index is 0.210. The van der Waals surface area contributed by atoms with Gasteiger partial charge < -0.3 is 9.64 Å². The summed E-state index contributed by atoms with van der Waals surface area (Å²) in [7, 11) is 0. The van der Waals surface area contributed by atoms with Gasteiger partial charge in [0.2, 0.25) is 5.95 Å². The smallest absolute Gasteiger partial charge is 0.350 e. The highest BCUT2D eigenvalue weighted by Gasteiger charge is 2.24. The molecule has 0 spiro atoms. The summed E-state index contributed by atoms with van der Waals surface area (Å²) in [5, 5.41) is 6.72. The van der Waals surface area contributed by atoms with E-state index in [4.69, 9.17) is 9.72 Å². The summed E-state index contributed by atoms with van der Waals surface area (Å²) >= 11 is 0. The lowest BCUT2D eigenvalue weighted by Gasteiger charge is -2.28. The molecule has 1 aliphatic carbocycles. The second-order valence-corrected chi connectivity index (χ2v) is 4.98. The highest BCUT2D eigenvalue weighted by molar-refractivity contribution is 5.56. The van der Waals surface area contributed by atoms with Crippen LogP contribution in [0.15, 0.2) is 4.79 Å². The minimum atomic E-state index is -0.210. The highest BCUT2D eigenvalue weighted by Crippen LogP contribution is 2.26. The van der Waals surface area contributed by atoms with Crippen molar-refractivity contribution >= 4 is 11.6 Å². The van der Waals surface area contributed by atoms with Crippen LogP contribution in [0.25, 0.3) is 5.65 Å². The van der Waals surface area contributed by atoms with Crippen LogP contribution in [0, 0.1) is 0 Å². The van der Waals surface area contributed by atoms with Crippen molar-refractivity contribution in [3.63, 3.8) is 0 Å². The molecule has 1 saturated heterocycles. The van der Waals surface area contributed by atoms with Gasteiger partial charge in [-0.05, 0) is 19.3 Å². The fourth-order valence-corrected chi connectivity index (χ4v) is 2.92. The number of aromatic nitrogens is 4. The van der Waals surface area contributed by atoms with E-state index in [1.165, 1.54) is 0 Å². The molecular formula is C12H15N5O2. The molecule has 2 aliphatic rings. The normalized spacial score (nSPS) is 19.1. The predicted molar refractivity (Wildman–Crippen MR) is 68.7 cm³/mol. The van der Waals surface area contributed by atoms with E-state index >= 15 is 0 Å². The number of morpholine rings is 1. The molecule has 7 heteroatoms. The van der Waals surface area contributed by atoms with Crippen LogP contribution in [-0.4, -0.2) is 45.9 Å². The molecule has 1 fully saturated rings. The zero-order valence-corrected chi connectivity index (χ0v) is 10.6. The van der Waals surface area contributed by atoms with Crippen molar-refractivity contribution < 1.29 is 4.74 Å². The van der Waals surface area contributed by atoms with E-state index in [1.54, 1.807) is 4.40 Å². The quantitative estimate of drug-likeness (QED) is 0.765. The van der Waals surface area contributed by atoms with Crippen molar-refractivity contribution in [2.24, 2.45) is 0 Å². The van der Waals surface area contributed by atoms with Crippen LogP contribution in [0.4, 0.5) is 5.95 Å². The van der Waals surface area contributed by atoms with Gasteiger partial charge in [-0.15, -0.1) is 0 Å². The van der Waals surface area contributed by atoms with Crippen LogP contribution in [0.5, 0.6) is 0 Å². The molecule has 0 unspecified atom stereocenters. The molecule has 1 N–H and O–H groups in total. The standard InChI is InChI=1S/C12H15N5O2/c18-12-15-14-10-8-2-1-3-9(8)13-11(17(10)12)16-4-6-19-7-5-16/h1-7H2,(H,15,18). The number of H-pyrrole nitrogens is 1. The third-order valence-corrected chi connectivity index (χ3v) is 3.86. The van der Waals surface area contributed by atoms with Crippen LogP contribution in [-0.2, 0) is 17.6 Å². The van der Waals surface area contributed by atoms with E-state index in [2.05, 4.69) is 15.1 Å². The Morgan fingerprint density at radius 3 is 2.89 bits per heavy atom. The van der Waals surface area contributed by atoms with E-state index < -0.39 is 0 Å². The Morgan fingerprint density at radius 2 is 2.05 bits per heavy atom. The summed E-state index contributed by atoms with van der Waals surface area (Å²) in [5.41, 5.74) is 2.75. The van der Waals surface area contributed by atoms with Crippen LogP contribution in [0.2, 0.25) is 0 Å². The van der Waals surface area contributed by atoms with Crippen molar-refractivity contribution in [2.45, 2.75) is 19.3 Å². The SMILES string of the molecule is O=c1[nH]nc2c3c(nc(N4CCOCC4)n12)CCC3. The average molecular weight is 261 g/mol. The van der Waals surface area contributed by atoms with Crippen LogP contribution < -0.4 is 10.6 Å². The van der Waals surface area contributed by atoms with E-state index in [0.717, 1.165) is 49.3 Å². The first-order chi connectivity index (χ1) is 9.34. The first kappa shape index (κ1) is 11.0. The second-order valence-electron chi connectivity index (χ2n) is 4.98. The molecule has 3 heterocycles.